The molecular formula is C14H8F2N2O3. The highest BCUT2D eigenvalue weighted by Crippen LogP contribution is 2.28. The van der Waals surface area contributed by atoms with Gasteiger partial charge in [-0.1, -0.05) is 6.07 Å². The molecule has 0 aromatic heterocycles. The zero-order valence-electron chi connectivity index (χ0n) is 10.5. The minimum atomic E-state index is -0.718. The Kier molecular flexibility index (Phi) is 4.09. The van der Waals surface area contributed by atoms with Crippen molar-refractivity contribution < 1.29 is 18.4 Å². The summed E-state index contributed by atoms with van der Waals surface area (Å²) in [6.45, 7) is -0.318. The van der Waals surface area contributed by atoms with Crippen LogP contribution in [0.5, 0.6) is 5.75 Å². The van der Waals surface area contributed by atoms with Gasteiger partial charge in [-0.15, -0.1) is 0 Å². The molecule has 106 valence electrons. The van der Waals surface area contributed by atoms with Gasteiger partial charge in [-0.2, -0.15) is 5.26 Å². The van der Waals surface area contributed by atoms with E-state index in [1.165, 1.54) is 12.1 Å². The standard InChI is InChI=1S/C14H8F2N2O3/c15-11-3-4-13(18(19)20)14(6-11)21-8-10-2-1-9(7-17)5-12(10)16/h1-6H,8H2. The molecule has 21 heavy (non-hydrogen) atoms. The number of benzene rings is 2. The van der Waals surface area contributed by atoms with E-state index in [0.717, 1.165) is 24.3 Å². The normalized spacial score (nSPS) is 9.95. The first kappa shape index (κ1) is 14.4. The van der Waals surface area contributed by atoms with Crippen molar-refractivity contribution in [3.8, 4) is 11.8 Å². The fraction of sp³-hybridized carbons (Fsp3) is 0.0714. The molecule has 0 radical (unpaired) electrons. The summed E-state index contributed by atoms with van der Waals surface area (Å²) in [5.41, 5.74) is -0.161. The van der Waals surface area contributed by atoms with Crippen LogP contribution in [0, 0.1) is 33.1 Å². The Labute approximate surface area is 118 Å². The molecule has 0 atom stereocenters. The van der Waals surface area contributed by atoms with Crippen molar-refractivity contribution >= 4 is 5.69 Å². The molecule has 0 bridgehead atoms. The Morgan fingerprint density at radius 2 is 2.00 bits per heavy atom. The van der Waals surface area contributed by atoms with E-state index >= 15 is 0 Å². The van der Waals surface area contributed by atoms with E-state index in [9.17, 15) is 18.9 Å². The van der Waals surface area contributed by atoms with Crippen molar-refractivity contribution in [3.63, 3.8) is 0 Å². The predicted molar refractivity (Wildman–Crippen MR) is 68.5 cm³/mol. The topological polar surface area (TPSA) is 76.2 Å². The number of ether oxygens (including phenoxy) is 1. The zero-order valence-corrected chi connectivity index (χ0v) is 10.5. The van der Waals surface area contributed by atoms with E-state index in [1.54, 1.807) is 6.07 Å². The first-order valence-electron chi connectivity index (χ1n) is 5.76. The van der Waals surface area contributed by atoms with Gasteiger partial charge in [0.1, 0.15) is 18.2 Å². The number of hydrogen-bond donors (Lipinski definition) is 0. The van der Waals surface area contributed by atoms with Crippen LogP contribution >= 0.6 is 0 Å². The van der Waals surface area contributed by atoms with Crippen LogP contribution in [0.2, 0.25) is 0 Å². The summed E-state index contributed by atoms with van der Waals surface area (Å²) in [4.78, 5) is 10.1. The molecule has 2 aromatic rings. The Balaban J connectivity index is 2.22. The monoisotopic (exact) mass is 290 g/mol. The predicted octanol–water partition coefficient (Wildman–Crippen LogP) is 3.32. The van der Waals surface area contributed by atoms with Crippen molar-refractivity contribution in [2.75, 3.05) is 0 Å². The van der Waals surface area contributed by atoms with Gasteiger partial charge in [-0.05, 0) is 18.2 Å². The number of nitrogens with zero attached hydrogens (tertiary/aromatic N) is 2. The molecule has 5 nitrogen and oxygen atoms in total. The lowest BCUT2D eigenvalue weighted by atomic mass is 10.1. The third kappa shape index (κ3) is 3.30. The highest BCUT2D eigenvalue weighted by molar-refractivity contribution is 5.46. The highest BCUT2D eigenvalue weighted by atomic mass is 19.1. The lowest BCUT2D eigenvalue weighted by Crippen LogP contribution is -2.02. The number of nitro groups is 1. The van der Waals surface area contributed by atoms with Crippen LogP contribution in [0.4, 0.5) is 14.5 Å². The Morgan fingerprint density at radius 1 is 1.24 bits per heavy atom. The summed E-state index contributed by atoms with van der Waals surface area (Å²) in [5, 5.41) is 19.4. The first-order valence-corrected chi connectivity index (χ1v) is 5.76. The van der Waals surface area contributed by atoms with Gasteiger partial charge in [-0.3, -0.25) is 10.1 Å². The quantitative estimate of drug-likeness (QED) is 0.639. The van der Waals surface area contributed by atoms with Gasteiger partial charge in [-0.25, -0.2) is 8.78 Å². The van der Waals surface area contributed by atoms with Crippen LogP contribution in [0.15, 0.2) is 36.4 Å². The largest absolute Gasteiger partial charge is 0.482 e. The van der Waals surface area contributed by atoms with E-state index in [0.29, 0.717) is 0 Å². The molecule has 0 saturated carbocycles. The van der Waals surface area contributed by atoms with Crippen LogP contribution in [-0.4, -0.2) is 4.92 Å². The van der Waals surface area contributed by atoms with Crippen molar-refractivity contribution in [1.82, 2.24) is 0 Å². The SMILES string of the molecule is N#Cc1ccc(COc2cc(F)ccc2[N+](=O)[O-])c(F)c1. The molecule has 2 aromatic carbocycles. The molecular weight excluding hydrogens is 282 g/mol. The molecule has 0 aliphatic rings. The maximum absolute atomic E-state index is 13.6. The van der Waals surface area contributed by atoms with Gasteiger partial charge in [0, 0.05) is 17.7 Å². The molecule has 0 N–H and O–H groups in total. The highest BCUT2D eigenvalue weighted by Gasteiger charge is 2.16. The van der Waals surface area contributed by atoms with Crippen molar-refractivity contribution in [2.24, 2.45) is 0 Å². The molecule has 0 heterocycles. The zero-order chi connectivity index (χ0) is 15.4. The third-order valence-electron chi connectivity index (χ3n) is 2.68. The molecule has 0 fully saturated rings. The molecule has 0 unspecified atom stereocenters. The number of nitriles is 1. The van der Waals surface area contributed by atoms with Gasteiger partial charge in [0.25, 0.3) is 0 Å². The second kappa shape index (κ2) is 5.96. The number of halogens is 2. The fourth-order valence-electron chi connectivity index (χ4n) is 1.64. The van der Waals surface area contributed by atoms with Crippen LogP contribution < -0.4 is 4.74 Å². The maximum atomic E-state index is 13.6. The van der Waals surface area contributed by atoms with Gasteiger partial charge >= 0.3 is 5.69 Å². The summed E-state index contributed by atoms with van der Waals surface area (Å²) >= 11 is 0. The van der Waals surface area contributed by atoms with E-state index in [4.69, 9.17) is 10.00 Å². The van der Waals surface area contributed by atoms with Gasteiger partial charge in [0.2, 0.25) is 0 Å². The smallest absolute Gasteiger partial charge is 0.311 e. The van der Waals surface area contributed by atoms with Gasteiger partial charge < -0.3 is 4.74 Å². The Hall–Kier alpha value is -3.01. The van der Waals surface area contributed by atoms with Gasteiger partial charge in [0.05, 0.1) is 16.6 Å². The average Bonchev–Trinajstić information content (AvgIpc) is 2.45. The second-order valence-electron chi connectivity index (χ2n) is 4.08. The average molecular weight is 290 g/mol. The molecule has 2 rings (SSSR count). The van der Waals surface area contributed by atoms with E-state index in [2.05, 4.69) is 0 Å². The summed E-state index contributed by atoms with van der Waals surface area (Å²) in [6, 6.07) is 8.30. The van der Waals surface area contributed by atoms with Crippen LogP contribution in [-0.2, 0) is 6.61 Å². The van der Waals surface area contributed by atoms with Crippen LogP contribution in [0.1, 0.15) is 11.1 Å². The number of hydrogen-bond acceptors (Lipinski definition) is 4. The summed E-state index contributed by atoms with van der Waals surface area (Å²) in [5.74, 6) is -1.66. The fourth-order valence-corrected chi connectivity index (χ4v) is 1.64. The molecule has 0 amide bonds. The Bertz CT molecular complexity index is 741. The molecule has 0 spiro atoms. The van der Waals surface area contributed by atoms with E-state index in [1.807, 2.05) is 0 Å². The second-order valence-corrected chi connectivity index (χ2v) is 4.08. The maximum Gasteiger partial charge on any atom is 0.311 e. The Morgan fingerprint density at radius 3 is 2.62 bits per heavy atom. The van der Waals surface area contributed by atoms with Crippen molar-refractivity contribution in [1.29, 1.82) is 5.26 Å². The third-order valence-corrected chi connectivity index (χ3v) is 2.68. The molecule has 0 aliphatic heterocycles. The number of rotatable bonds is 4. The van der Waals surface area contributed by atoms with E-state index in [-0.39, 0.29) is 23.5 Å². The summed E-state index contributed by atoms with van der Waals surface area (Å²) in [7, 11) is 0. The van der Waals surface area contributed by atoms with Crippen LogP contribution in [0.25, 0.3) is 0 Å². The minimum Gasteiger partial charge on any atom is -0.482 e. The summed E-state index contributed by atoms with van der Waals surface area (Å²) in [6.07, 6.45) is 0. The molecule has 7 heteroatoms. The lowest BCUT2D eigenvalue weighted by Gasteiger charge is -2.08. The van der Waals surface area contributed by atoms with Crippen molar-refractivity contribution in [3.05, 3.63) is 69.3 Å². The van der Waals surface area contributed by atoms with Crippen LogP contribution in [0.3, 0.4) is 0 Å². The lowest BCUT2D eigenvalue weighted by molar-refractivity contribution is -0.386. The van der Waals surface area contributed by atoms with Gasteiger partial charge in [0.15, 0.2) is 5.75 Å². The number of nitro benzene ring substituents is 1. The van der Waals surface area contributed by atoms with E-state index < -0.39 is 22.2 Å². The molecule has 0 saturated heterocycles. The first-order chi connectivity index (χ1) is 10.0. The summed E-state index contributed by atoms with van der Waals surface area (Å²) < 4.78 is 31.9. The minimum absolute atomic E-state index is 0.104. The van der Waals surface area contributed by atoms with Crippen molar-refractivity contribution in [2.45, 2.75) is 6.61 Å². The molecule has 0 aliphatic carbocycles.